The molecule has 1 aliphatic rings. The molecule has 0 radical (unpaired) electrons. The van der Waals surface area contributed by atoms with Crippen LogP contribution in [-0.4, -0.2) is 23.7 Å². The van der Waals surface area contributed by atoms with E-state index < -0.39 is 10.7 Å². The molecule has 2 atom stereocenters. The molecule has 0 saturated heterocycles. The van der Waals surface area contributed by atoms with Gasteiger partial charge in [0.2, 0.25) is 0 Å². The lowest BCUT2D eigenvalue weighted by atomic mass is 9.64. The van der Waals surface area contributed by atoms with Crippen LogP contribution in [0.5, 0.6) is 0 Å². The van der Waals surface area contributed by atoms with Gasteiger partial charge in [-0.1, -0.05) is 13.8 Å². The van der Waals surface area contributed by atoms with E-state index in [2.05, 4.69) is 5.32 Å². The maximum atomic E-state index is 13.3. The number of hydrogen-bond acceptors (Lipinski definition) is 4. The standard InChI is InChI=1S/C14H19FN2O3/c1-4-20-13-8-12(14(13,2)3)16-10-7-9(15)5-6-11(10)17(18)19/h5-7,12-13,16H,4,8H2,1-3H3. The fourth-order valence-corrected chi connectivity index (χ4v) is 2.59. The largest absolute Gasteiger partial charge is 0.378 e. The molecule has 1 N–H and O–H groups in total. The maximum Gasteiger partial charge on any atom is 0.292 e. The van der Waals surface area contributed by atoms with E-state index in [0.29, 0.717) is 6.61 Å². The van der Waals surface area contributed by atoms with Crippen LogP contribution in [0, 0.1) is 21.3 Å². The van der Waals surface area contributed by atoms with Gasteiger partial charge in [0.15, 0.2) is 0 Å². The van der Waals surface area contributed by atoms with Crippen LogP contribution in [0.15, 0.2) is 18.2 Å². The van der Waals surface area contributed by atoms with Gasteiger partial charge in [0.25, 0.3) is 5.69 Å². The Balaban J connectivity index is 2.16. The van der Waals surface area contributed by atoms with Crippen molar-refractivity contribution in [3.63, 3.8) is 0 Å². The molecule has 5 nitrogen and oxygen atoms in total. The van der Waals surface area contributed by atoms with E-state index in [0.717, 1.165) is 12.5 Å². The zero-order valence-corrected chi connectivity index (χ0v) is 11.9. The van der Waals surface area contributed by atoms with Crippen molar-refractivity contribution >= 4 is 11.4 Å². The second-order valence-corrected chi connectivity index (χ2v) is 5.62. The van der Waals surface area contributed by atoms with Crippen LogP contribution in [0.25, 0.3) is 0 Å². The lowest BCUT2D eigenvalue weighted by Crippen LogP contribution is -2.58. The fourth-order valence-electron chi connectivity index (χ4n) is 2.59. The second-order valence-electron chi connectivity index (χ2n) is 5.62. The summed E-state index contributed by atoms with van der Waals surface area (Å²) in [6.45, 7) is 6.66. The van der Waals surface area contributed by atoms with Gasteiger partial charge < -0.3 is 10.1 Å². The number of ether oxygens (including phenoxy) is 1. The summed E-state index contributed by atoms with van der Waals surface area (Å²) in [5.74, 6) is -0.489. The highest BCUT2D eigenvalue weighted by Crippen LogP contribution is 2.45. The number of hydrogen-bond donors (Lipinski definition) is 1. The van der Waals surface area contributed by atoms with Crippen LogP contribution in [0.1, 0.15) is 27.2 Å². The molecule has 2 unspecified atom stereocenters. The summed E-state index contributed by atoms with van der Waals surface area (Å²) in [5.41, 5.74) is -0.0268. The molecule has 1 aromatic rings. The highest BCUT2D eigenvalue weighted by atomic mass is 19.1. The Kier molecular flexibility index (Phi) is 3.94. The Morgan fingerprint density at radius 1 is 1.55 bits per heavy atom. The lowest BCUT2D eigenvalue weighted by Gasteiger charge is -2.51. The van der Waals surface area contributed by atoms with Gasteiger partial charge in [-0.25, -0.2) is 4.39 Å². The first-order chi connectivity index (χ1) is 9.36. The molecule has 1 aliphatic carbocycles. The Bertz CT molecular complexity index is 519. The van der Waals surface area contributed by atoms with Gasteiger partial charge in [0.1, 0.15) is 11.5 Å². The summed E-state index contributed by atoms with van der Waals surface area (Å²) in [7, 11) is 0. The van der Waals surface area contributed by atoms with E-state index in [1.54, 1.807) is 0 Å². The number of nitro groups is 1. The lowest BCUT2D eigenvalue weighted by molar-refractivity contribution is -0.384. The summed E-state index contributed by atoms with van der Waals surface area (Å²) in [6, 6.07) is 3.48. The highest BCUT2D eigenvalue weighted by molar-refractivity contribution is 5.62. The summed E-state index contributed by atoms with van der Waals surface area (Å²) in [4.78, 5) is 10.5. The van der Waals surface area contributed by atoms with Gasteiger partial charge in [-0.05, 0) is 19.4 Å². The number of halogens is 1. The number of benzene rings is 1. The summed E-state index contributed by atoms with van der Waals surface area (Å²) >= 11 is 0. The van der Waals surface area contributed by atoms with Crippen molar-refractivity contribution in [3.8, 4) is 0 Å². The van der Waals surface area contributed by atoms with Crippen molar-refractivity contribution in [2.24, 2.45) is 5.41 Å². The average molecular weight is 282 g/mol. The van der Waals surface area contributed by atoms with Gasteiger partial charge in [0, 0.05) is 30.2 Å². The number of nitrogens with zero attached hydrogens (tertiary/aromatic N) is 1. The molecule has 0 aliphatic heterocycles. The van der Waals surface area contributed by atoms with E-state index in [-0.39, 0.29) is 28.9 Å². The van der Waals surface area contributed by atoms with Crippen molar-refractivity contribution in [1.82, 2.24) is 0 Å². The SMILES string of the molecule is CCOC1CC(Nc2cc(F)ccc2[N+](=O)[O-])C1(C)C. The van der Waals surface area contributed by atoms with Crippen LogP contribution in [0.2, 0.25) is 0 Å². The number of nitro benzene ring substituents is 1. The summed E-state index contributed by atoms with van der Waals surface area (Å²) in [6.07, 6.45) is 0.881. The Hall–Kier alpha value is -1.69. The Morgan fingerprint density at radius 2 is 2.25 bits per heavy atom. The van der Waals surface area contributed by atoms with Crippen molar-refractivity contribution in [1.29, 1.82) is 0 Å². The minimum atomic E-state index is -0.506. The molecular weight excluding hydrogens is 263 g/mol. The molecule has 1 aromatic carbocycles. The van der Waals surface area contributed by atoms with E-state index in [1.807, 2.05) is 20.8 Å². The molecule has 0 spiro atoms. The smallest absolute Gasteiger partial charge is 0.292 e. The number of rotatable bonds is 5. The molecule has 6 heteroatoms. The van der Waals surface area contributed by atoms with Crippen LogP contribution in [-0.2, 0) is 4.74 Å². The van der Waals surface area contributed by atoms with Crippen molar-refractivity contribution < 1.29 is 14.1 Å². The zero-order chi connectivity index (χ0) is 14.9. The summed E-state index contributed by atoms with van der Waals surface area (Å²) < 4.78 is 18.9. The first kappa shape index (κ1) is 14.7. The Morgan fingerprint density at radius 3 is 2.80 bits per heavy atom. The third-order valence-electron chi connectivity index (χ3n) is 4.03. The van der Waals surface area contributed by atoms with Crippen molar-refractivity contribution in [2.75, 3.05) is 11.9 Å². The predicted molar refractivity (Wildman–Crippen MR) is 74.3 cm³/mol. The van der Waals surface area contributed by atoms with E-state index in [1.165, 1.54) is 12.1 Å². The monoisotopic (exact) mass is 282 g/mol. The maximum absolute atomic E-state index is 13.3. The minimum absolute atomic E-state index is 0.0274. The Labute approximate surface area is 117 Å². The highest BCUT2D eigenvalue weighted by Gasteiger charge is 2.49. The molecule has 0 aromatic heterocycles. The first-order valence-corrected chi connectivity index (χ1v) is 6.68. The van der Waals surface area contributed by atoms with Crippen LogP contribution < -0.4 is 5.32 Å². The van der Waals surface area contributed by atoms with Gasteiger partial charge >= 0.3 is 0 Å². The molecule has 2 rings (SSSR count). The average Bonchev–Trinajstić information content (AvgIpc) is 2.37. The molecule has 0 bridgehead atoms. The molecule has 0 heterocycles. The zero-order valence-electron chi connectivity index (χ0n) is 11.9. The molecule has 20 heavy (non-hydrogen) atoms. The molecule has 110 valence electrons. The van der Waals surface area contributed by atoms with E-state index in [9.17, 15) is 14.5 Å². The quantitative estimate of drug-likeness (QED) is 0.664. The van der Waals surface area contributed by atoms with E-state index >= 15 is 0 Å². The molecule has 0 amide bonds. The minimum Gasteiger partial charge on any atom is -0.378 e. The third-order valence-corrected chi connectivity index (χ3v) is 4.03. The van der Waals surface area contributed by atoms with Gasteiger partial charge in [-0.15, -0.1) is 0 Å². The van der Waals surface area contributed by atoms with Crippen LogP contribution in [0.3, 0.4) is 0 Å². The van der Waals surface area contributed by atoms with Gasteiger partial charge in [0.05, 0.1) is 11.0 Å². The molecule has 1 saturated carbocycles. The summed E-state index contributed by atoms with van der Waals surface area (Å²) in [5, 5.41) is 14.1. The topological polar surface area (TPSA) is 64.4 Å². The number of nitrogens with one attached hydrogen (secondary N) is 1. The van der Waals surface area contributed by atoms with Crippen LogP contribution in [0.4, 0.5) is 15.8 Å². The van der Waals surface area contributed by atoms with Gasteiger partial charge in [-0.2, -0.15) is 0 Å². The second kappa shape index (κ2) is 5.36. The first-order valence-electron chi connectivity index (χ1n) is 6.68. The van der Waals surface area contributed by atoms with Crippen molar-refractivity contribution in [3.05, 3.63) is 34.1 Å². The van der Waals surface area contributed by atoms with E-state index in [4.69, 9.17) is 4.74 Å². The normalized spacial score (nSPS) is 24.0. The predicted octanol–water partition coefficient (Wildman–Crippen LogP) is 3.35. The van der Waals surface area contributed by atoms with Crippen LogP contribution >= 0.6 is 0 Å². The molecule has 1 fully saturated rings. The third kappa shape index (κ3) is 2.60. The molecular formula is C14H19FN2O3. The van der Waals surface area contributed by atoms with Gasteiger partial charge in [-0.3, -0.25) is 10.1 Å². The fraction of sp³-hybridized carbons (Fsp3) is 0.571. The van der Waals surface area contributed by atoms with Crippen molar-refractivity contribution in [2.45, 2.75) is 39.3 Å². The number of anilines is 1.